The van der Waals surface area contributed by atoms with Crippen LogP contribution in [0.3, 0.4) is 0 Å². The zero-order valence-corrected chi connectivity index (χ0v) is 12.5. The topological polar surface area (TPSA) is 64.4 Å². The largest absolute Gasteiger partial charge is 0.371 e. The van der Waals surface area contributed by atoms with Gasteiger partial charge in [0, 0.05) is 6.61 Å². The van der Waals surface area contributed by atoms with Gasteiger partial charge in [-0.15, -0.1) is 12.4 Å². The lowest BCUT2D eigenvalue weighted by Gasteiger charge is -2.21. The summed E-state index contributed by atoms with van der Waals surface area (Å²) in [5.74, 6) is -0.734. The van der Waals surface area contributed by atoms with Crippen LogP contribution in [-0.2, 0) is 9.53 Å². The number of nitrogens with two attached hydrogens (primary N) is 1. The zero-order valence-electron chi connectivity index (χ0n) is 10.9. The SMILES string of the molecule is C[C@@H](N)C(=O)NC1CCOC1c1ccc(Cl)c(F)c1.Cl. The van der Waals surface area contributed by atoms with Crippen molar-refractivity contribution in [1.82, 2.24) is 5.32 Å². The summed E-state index contributed by atoms with van der Waals surface area (Å²) in [5.41, 5.74) is 6.17. The molecular formula is C13H17Cl2FN2O2. The van der Waals surface area contributed by atoms with Gasteiger partial charge in [0.2, 0.25) is 5.91 Å². The summed E-state index contributed by atoms with van der Waals surface area (Å²) in [5, 5.41) is 2.88. The first kappa shape index (κ1) is 17.2. The number of amides is 1. The van der Waals surface area contributed by atoms with E-state index >= 15 is 0 Å². The van der Waals surface area contributed by atoms with Crippen molar-refractivity contribution < 1.29 is 13.9 Å². The van der Waals surface area contributed by atoms with Crippen LogP contribution in [0.2, 0.25) is 5.02 Å². The predicted octanol–water partition coefficient (Wildman–Crippen LogP) is 2.19. The van der Waals surface area contributed by atoms with Gasteiger partial charge in [-0.25, -0.2) is 4.39 Å². The molecule has 1 saturated heterocycles. The molecule has 3 N–H and O–H groups in total. The Bertz CT molecular complexity index is 485. The van der Waals surface area contributed by atoms with Gasteiger partial charge in [0.05, 0.1) is 17.1 Å². The van der Waals surface area contributed by atoms with Crippen LogP contribution in [0.1, 0.15) is 25.0 Å². The molecule has 0 aliphatic carbocycles. The third-order valence-corrected chi connectivity index (χ3v) is 3.41. The Morgan fingerprint density at radius 1 is 1.60 bits per heavy atom. The van der Waals surface area contributed by atoms with Crippen LogP contribution in [0.5, 0.6) is 0 Å². The average Bonchev–Trinajstić information content (AvgIpc) is 2.80. The molecule has 2 rings (SSSR count). The Morgan fingerprint density at radius 2 is 2.30 bits per heavy atom. The highest BCUT2D eigenvalue weighted by Gasteiger charge is 2.31. The molecule has 2 unspecified atom stereocenters. The fourth-order valence-corrected chi connectivity index (χ4v) is 2.19. The Kier molecular flexibility index (Phi) is 6.20. The molecule has 0 saturated carbocycles. The lowest BCUT2D eigenvalue weighted by Crippen LogP contribution is -2.44. The van der Waals surface area contributed by atoms with Crippen LogP contribution < -0.4 is 11.1 Å². The predicted molar refractivity (Wildman–Crippen MR) is 77.5 cm³/mol. The summed E-state index contributed by atoms with van der Waals surface area (Å²) < 4.78 is 19.0. The number of nitrogens with one attached hydrogen (secondary N) is 1. The van der Waals surface area contributed by atoms with Crippen LogP contribution in [0.25, 0.3) is 0 Å². The minimum atomic E-state index is -0.580. The zero-order chi connectivity index (χ0) is 14.0. The smallest absolute Gasteiger partial charge is 0.236 e. The van der Waals surface area contributed by atoms with Gasteiger partial charge in [-0.05, 0) is 31.0 Å². The van der Waals surface area contributed by atoms with Crippen LogP contribution >= 0.6 is 24.0 Å². The minimum Gasteiger partial charge on any atom is -0.371 e. The molecule has 1 aromatic carbocycles. The second kappa shape index (κ2) is 7.22. The van der Waals surface area contributed by atoms with Crippen molar-refractivity contribution >= 4 is 29.9 Å². The maximum Gasteiger partial charge on any atom is 0.236 e. The molecule has 0 aromatic heterocycles. The molecule has 1 amide bonds. The molecule has 1 fully saturated rings. The Balaban J connectivity index is 0.00000200. The molecule has 1 aromatic rings. The normalized spacial score (nSPS) is 23.0. The van der Waals surface area contributed by atoms with E-state index in [1.807, 2.05) is 0 Å². The molecular weight excluding hydrogens is 306 g/mol. The number of halogens is 3. The van der Waals surface area contributed by atoms with Crippen molar-refractivity contribution in [3.63, 3.8) is 0 Å². The molecule has 7 heteroatoms. The van der Waals surface area contributed by atoms with E-state index in [0.717, 1.165) is 0 Å². The lowest BCUT2D eigenvalue weighted by molar-refractivity contribution is -0.123. The highest BCUT2D eigenvalue weighted by Crippen LogP contribution is 2.31. The van der Waals surface area contributed by atoms with Crippen molar-refractivity contribution in [2.45, 2.75) is 31.5 Å². The van der Waals surface area contributed by atoms with Gasteiger partial charge in [0.1, 0.15) is 11.9 Å². The summed E-state index contributed by atoms with van der Waals surface area (Å²) >= 11 is 5.65. The molecule has 1 heterocycles. The van der Waals surface area contributed by atoms with E-state index in [-0.39, 0.29) is 35.5 Å². The molecule has 1 aliphatic rings. The number of carbonyl (C=O) groups excluding carboxylic acids is 1. The summed E-state index contributed by atoms with van der Waals surface area (Å²) in [6.07, 6.45) is 0.308. The van der Waals surface area contributed by atoms with Crippen molar-refractivity contribution in [2.75, 3.05) is 6.61 Å². The summed E-state index contributed by atoms with van der Waals surface area (Å²) in [6, 6.07) is 3.75. The van der Waals surface area contributed by atoms with E-state index in [9.17, 15) is 9.18 Å². The number of ether oxygens (including phenoxy) is 1. The maximum atomic E-state index is 13.5. The average molecular weight is 323 g/mol. The van der Waals surface area contributed by atoms with E-state index in [1.54, 1.807) is 13.0 Å². The number of benzene rings is 1. The summed E-state index contributed by atoms with van der Waals surface area (Å²) in [4.78, 5) is 11.6. The van der Waals surface area contributed by atoms with Gasteiger partial charge in [-0.2, -0.15) is 0 Å². The highest BCUT2D eigenvalue weighted by molar-refractivity contribution is 6.30. The summed E-state index contributed by atoms with van der Waals surface area (Å²) in [7, 11) is 0. The highest BCUT2D eigenvalue weighted by atomic mass is 35.5. The molecule has 20 heavy (non-hydrogen) atoms. The van der Waals surface area contributed by atoms with Gasteiger partial charge in [-0.3, -0.25) is 4.79 Å². The maximum absolute atomic E-state index is 13.5. The van der Waals surface area contributed by atoms with E-state index in [4.69, 9.17) is 22.1 Å². The molecule has 4 nitrogen and oxygen atoms in total. The van der Waals surface area contributed by atoms with Crippen LogP contribution in [0.15, 0.2) is 18.2 Å². The van der Waals surface area contributed by atoms with E-state index in [1.165, 1.54) is 12.1 Å². The minimum absolute atomic E-state index is 0. The quantitative estimate of drug-likeness (QED) is 0.896. The van der Waals surface area contributed by atoms with E-state index in [2.05, 4.69) is 5.32 Å². The molecule has 3 atom stereocenters. The summed E-state index contributed by atoms with van der Waals surface area (Å²) in [6.45, 7) is 2.13. The second-order valence-electron chi connectivity index (χ2n) is 4.66. The number of hydrogen-bond acceptors (Lipinski definition) is 3. The van der Waals surface area contributed by atoms with Gasteiger partial charge >= 0.3 is 0 Å². The third kappa shape index (κ3) is 3.82. The van der Waals surface area contributed by atoms with Crippen LogP contribution in [0.4, 0.5) is 4.39 Å². The standard InChI is InChI=1S/C13H16ClFN2O2.ClH/c1-7(16)13(18)17-11-4-5-19-12(11)8-2-3-9(14)10(15)6-8;/h2-3,6-7,11-12H,4-5,16H2,1H3,(H,17,18);1H/t7-,11?,12?;/m1./s1. The Labute approximate surface area is 128 Å². The fraction of sp³-hybridized carbons (Fsp3) is 0.462. The molecule has 0 bridgehead atoms. The Hall–Kier alpha value is -0.880. The first-order valence-electron chi connectivity index (χ1n) is 6.11. The van der Waals surface area contributed by atoms with Gasteiger partial charge in [0.25, 0.3) is 0 Å². The number of hydrogen-bond donors (Lipinski definition) is 2. The van der Waals surface area contributed by atoms with Crippen molar-refractivity contribution in [3.05, 3.63) is 34.6 Å². The second-order valence-corrected chi connectivity index (χ2v) is 5.06. The first-order chi connectivity index (χ1) is 8.99. The van der Waals surface area contributed by atoms with E-state index < -0.39 is 11.9 Å². The van der Waals surface area contributed by atoms with Crippen molar-refractivity contribution in [2.24, 2.45) is 5.73 Å². The third-order valence-electron chi connectivity index (χ3n) is 3.11. The number of carbonyl (C=O) groups is 1. The van der Waals surface area contributed by atoms with Crippen molar-refractivity contribution in [1.29, 1.82) is 0 Å². The molecule has 0 spiro atoms. The van der Waals surface area contributed by atoms with E-state index in [0.29, 0.717) is 18.6 Å². The van der Waals surface area contributed by atoms with Crippen LogP contribution in [-0.4, -0.2) is 24.6 Å². The first-order valence-corrected chi connectivity index (χ1v) is 6.49. The lowest BCUT2D eigenvalue weighted by atomic mass is 10.0. The Morgan fingerprint density at radius 3 is 2.90 bits per heavy atom. The fourth-order valence-electron chi connectivity index (χ4n) is 2.07. The van der Waals surface area contributed by atoms with Gasteiger partial charge in [-0.1, -0.05) is 17.7 Å². The van der Waals surface area contributed by atoms with Gasteiger partial charge < -0.3 is 15.8 Å². The number of rotatable bonds is 3. The monoisotopic (exact) mass is 322 g/mol. The molecule has 1 aliphatic heterocycles. The van der Waals surface area contributed by atoms with Gasteiger partial charge in [0.15, 0.2) is 0 Å². The molecule has 112 valence electrons. The van der Waals surface area contributed by atoms with Crippen molar-refractivity contribution in [3.8, 4) is 0 Å². The van der Waals surface area contributed by atoms with Crippen LogP contribution in [0, 0.1) is 5.82 Å². The molecule has 0 radical (unpaired) electrons.